The van der Waals surface area contributed by atoms with E-state index in [1.807, 2.05) is 26.0 Å². The lowest BCUT2D eigenvalue weighted by atomic mass is 10.1. The Bertz CT molecular complexity index is 364. The Kier molecular flexibility index (Phi) is 4.79. The third kappa shape index (κ3) is 3.90. The first kappa shape index (κ1) is 12.5. The van der Waals surface area contributed by atoms with Crippen LogP contribution in [0.4, 0.5) is 4.79 Å². The number of benzene rings is 1. The van der Waals surface area contributed by atoms with E-state index < -0.39 is 6.09 Å². The first-order valence-corrected chi connectivity index (χ1v) is 5.36. The molecular weight excluding hydrogens is 204 g/mol. The highest BCUT2D eigenvalue weighted by Gasteiger charge is 2.05. The van der Waals surface area contributed by atoms with E-state index in [-0.39, 0.29) is 0 Å². The van der Waals surface area contributed by atoms with Crippen LogP contribution in [-0.4, -0.2) is 19.2 Å². The Morgan fingerprint density at radius 1 is 1.44 bits per heavy atom. The van der Waals surface area contributed by atoms with Crippen LogP contribution in [0.1, 0.15) is 17.5 Å². The topological polar surface area (TPSA) is 64.3 Å². The fourth-order valence-corrected chi connectivity index (χ4v) is 1.34. The van der Waals surface area contributed by atoms with Gasteiger partial charge in [-0.15, -0.1) is 0 Å². The highest BCUT2D eigenvalue weighted by Crippen LogP contribution is 2.18. The Morgan fingerprint density at radius 3 is 2.81 bits per heavy atom. The molecule has 1 aromatic rings. The van der Waals surface area contributed by atoms with E-state index in [1.54, 1.807) is 6.07 Å². The zero-order chi connectivity index (χ0) is 12.0. The largest absolute Gasteiger partial charge is 0.412 e. The van der Waals surface area contributed by atoms with Gasteiger partial charge in [0.15, 0.2) is 0 Å². The normalized spacial score (nSPS) is 9.94. The lowest BCUT2D eigenvalue weighted by Gasteiger charge is -2.08. The Morgan fingerprint density at radius 2 is 2.19 bits per heavy atom. The number of rotatable bonds is 4. The highest BCUT2D eigenvalue weighted by atomic mass is 16.6. The van der Waals surface area contributed by atoms with Crippen molar-refractivity contribution in [1.82, 2.24) is 5.32 Å². The number of ether oxygens (including phenoxy) is 1. The van der Waals surface area contributed by atoms with Crippen LogP contribution >= 0.6 is 0 Å². The molecule has 4 nitrogen and oxygen atoms in total. The molecule has 1 rings (SSSR count). The molecule has 0 saturated carbocycles. The van der Waals surface area contributed by atoms with Crippen LogP contribution in [-0.2, 0) is 0 Å². The van der Waals surface area contributed by atoms with Gasteiger partial charge in [0.05, 0.1) is 0 Å². The minimum Gasteiger partial charge on any atom is -0.410 e. The maximum Gasteiger partial charge on any atom is 0.412 e. The molecule has 0 unspecified atom stereocenters. The van der Waals surface area contributed by atoms with E-state index in [9.17, 15) is 4.79 Å². The minimum absolute atomic E-state index is 0.430. The predicted octanol–water partition coefficient (Wildman–Crippen LogP) is 1.74. The van der Waals surface area contributed by atoms with E-state index >= 15 is 0 Å². The quantitative estimate of drug-likeness (QED) is 0.763. The number of nitrogens with one attached hydrogen (secondary N) is 1. The van der Waals surface area contributed by atoms with Crippen LogP contribution in [0.2, 0.25) is 0 Å². The summed E-state index contributed by atoms with van der Waals surface area (Å²) in [6.07, 6.45) is 0.322. The third-order valence-corrected chi connectivity index (χ3v) is 2.18. The molecule has 0 fully saturated rings. The summed E-state index contributed by atoms with van der Waals surface area (Å²) in [5.41, 5.74) is 7.42. The summed E-state index contributed by atoms with van der Waals surface area (Å²) >= 11 is 0. The van der Waals surface area contributed by atoms with E-state index in [0.29, 0.717) is 18.8 Å². The molecule has 0 aliphatic carbocycles. The van der Waals surface area contributed by atoms with Gasteiger partial charge >= 0.3 is 6.09 Å². The van der Waals surface area contributed by atoms with Crippen molar-refractivity contribution >= 4 is 6.09 Å². The number of carbonyl (C=O) groups excluding carboxylic acids is 1. The van der Waals surface area contributed by atoms with Crippen LogP contribution in [0.5, 0.6) is 5.75 Å². The molecule has 0 saturated heterocycles. The Hall–Kier alpha value is -1.55. The fraction of sp³-hybridized carbons (Fsp3) is 0.417. The van der Waals surface area contributed by atoms with Gasteiger partial charge in [-0.05, 0) is 38.4 Å². The summed E-state index contributed by atoms with van der Waals surface area (Å²) in [7, 11) is 0. The molecule has 0 aromatic heterocycles. The van der Waals surface area contributed by atoms with E-state index in [2.05, 4.69) is 5.32 Å². The smallest absolute Gasteiger partial charge is 0.410 e. The van der Waals surface area contributed by atoms with Gasteiger partial charge in [0.2, 0.25) is 0 Å². The van der Waals surface area contributed by atoms with E-state index in [0.717, 1.165) is 17.5 Å². The standard InChI is InChI=1S/C12H18N2O2/c1-9-4-5-11(10(2)8-9)16-12(15)14-7-3-6-13/h4-5,8H,3,6-7,13H2,1-2H3,(H,14,15). The summed E-state index contributed by atoms with van der Waals surface area (Å²) in [6, 6.07) is 5.69. The molecule has 0 bridgehead atoms. The second-order valence-corrected chi connectivity index (χ2v) is 3.73. The molecule has 0 aliphatic heterocycles. The number of hydrogen-bond acceptors (Lipinski definition) is 3. The van der Waals surface area contributed by atoms with E-state index in [1.165, 1.54) is 0 Å². The van der Waals surface area contributed by atoms with Gasteiger partial charge in [0, 0.05) is 6.54 Å². The van der Waals surface area contributed by atoms with Crippen LogP contribution in [0, 0.1) is 13.8 Å². The Balaban J connectivity index is 2.49. The Labute approximate surface area is 95.8 Å². The molecule has 0 spiro atoms. The van der Waals surface area contributed by atoms with Crippen molar-refractivity contribution in [1.29, 1.82) is 0 Å². The average Bonchev–Trinajstić information content (AvgIpc) is 2.23. The fourth-order valence-electron chi connectivity index (χ4n) is 1.34. The summed E-state index contributed by atoms with van der Waals surface area (Å²) in [5.74, 6) is 0.593. The molecule has 0 radical (unpaired) electrons. The lowest BCUT2D eigenvalue weighted by molar-refractivity contribution is 0.200. The number of hydrogen-bond donors (Lipinski definition) is 2. The van der Waals surface area contributed by atoms with Crippen LogP contribution in [0.3, 0.4) is 0 Å². The predicted molar refractivity (Wildman–Crippen MR) is 63.6 cm³/mol. The summed E-state index contributed by atoms with van der Waals surface area (Å²) < 4.78 is 5.16. The molecule has 3 N–H and O–H groups in total. The van der Waals surface area contributed by atoms with Crippen molar-refractivity contribution in [2.24, 2.45) is 5.73 Å². The molecule has 0 atom stereocenters. The van der Waals surface area contributed by atoms with Gasteiger partial charge in [-0.2, -0.15) is 0 Å². The number of nitrogens with two attached hydrogens (primary N) is 1. The molecule has 1 aromatic carbocycles. The molecule has 16 heavy (non-hydrogen) atoms. The lowest BCUT2D eigenvalue weighted by Crippen LogP contribution is -2.29. The number of amides is 1. The number of carbonyl (C=O) groups is 1. The van der Waals surface area contributed by atoms with Crippen molar-refractivity contribution in [2.45, 2.75) is 20.3 Å². The number of aryl methyl sites for hydroxylation is 2. The van der Waals surface area contributed by atoms with Gasteiger partial charge in [0.1, 0.15) is 5.75 Å². The summed E-state index contributed by atoms with van der Waals surface area (Å²) in [5, 5.41) is 2.63. The molecule has 4 heteroatoms. The van der Waals surface area contributed by atoms with E-state index in [4.69, 9.17) is 10.5 Å². The van der Waals surface area contributed by atoms with Crippen molar-refractivity contribution in [2.75, 3.05) is 13.1 Å². The molecular formula is C12H18N2O2. The first-order valence-electron chi connectivity index (χ1n) is 5.36. The van der Waals surface area contributed by atoms with Gasteiger partial charge in [-0.25, -0.2) is 4.79 Å². The zero-order valence-electron chi connectivity index (χ0n) is 9.75. The van der Waals surface area contributed by atoms with Crippen molar-refractivity contribution in [3.8, 4) is 5.75 Å². The second-order valence-electron chi connectivity index (χ2n) is 3.73. The average molecular weight is 222 g/mol. The summed E-state index contributed by atoms with van der Waals surface area (Å²) in [6.45, 7) is 5.01. The highest BCUT2D eigenvalue weighted by molar-refractivity contribution is 5.70. The second kappa shape index (κ2) is 6.12. The van der Waals surface area contributed by atoms with Gasteiger partial charge in [-0.3, -0.25) is 0 Å². The van der Waals surface area contributed by atoms with Gasteiger partial charge in [0.25, 0.3) is 0 Å². The van der Waals surface area contributed by atoms with Crippen molar-refractivity contribution in [3.63, 3.8) is 0 Å². The van der Waals surface area contributed by atoms with Gasteiger partial charge < -0.3 is 15.8 Å². The molecule has 0 heterocycles. The molecule has 88 valence electrons. The van der Waals surface area contributed by atoms with Crippen molar-refractivity contribution in [3.05, 3.63) is 29.3 Å². The maximum absolute atomic E-state index is 11.4. The zero-order valence-corrected chi connectivity index (χ0v) is 9.75. The van der Waals surface area contributed by atoms with Crippen molar-refractivity contribution < 1.29 is 9.53 Å². The van der Waals surface area contributed by atoms with Crippen LogP contribution < -0.4 is 15.8 Å². The maximum atomic E-state index is 11.4. The third-order valence-electron chi connectivity index (χ3n) is 2.18. The molecule has 0 aliphatic rings. The van der Waals surface area contributed by atoms with Crippen LogP contribution in [0.15, 0.2) is 18.2 Å². The molecule has 1 amide bonds. The van der Waals surface area contributed by atoms with Gasteiger partial charge in [-0.1, -0.05) is 17.7 Å². The van der Waals surface area contributed by atoms with Crippen LogP contribution in [0.25, 0.3) is 0 Å². The first-order chi connectivity index (χ1) is 7.63. The SMILES string of the molecule is Cc1ccc(OC(=O)NCCCN)c(C)c1. The minimum atomic E-state index is -0.430. The monoisotopic (exact) mass is 222 g/mol. The summed E-state index contributed by atoms with van der Waals surface area (Å²) in [4.78, 5) is 11.4.